The van der Waals surface area contributed by atoms with Crippen molar-refractivity contribution in [2.24, 2.45) is 0 Å². The molecule has 1 fully saturated rings. The van der Waals surface area contributed by atoms with Crippen molar-refractivity contribution in [1.29, 1.82) is 0 Å². The van der Waals surface area contributed by atoms with E-state index in [4.69, 9.17) is 4.74 Å². The molecule has 3 rings (SSSR count). The Morgan fingerprint density at radius 3 is 2.37 bits per heavy atom. The number of hydrogen-bond acceptors (Lipinski definition) is 6. The van der Waals surface area contributed by atoms with E-state index >= 15 is 0 Å². The van der Waals surface area contributed by atoms with Crippen molar-refractivity contribution in [1.82, 2.24) is 14.8 Å². The molecule has 0 unspecified atom stereocenters. The van der Waals surface area contributed by atoms with E-state index in [9.17, 15) is 13.2 Å². The van der Waals surface area contributed by atoms with E-state index in [2.05, 4.69) is 9.88 Å². The number of amides is 1. The van der Waals surface area contributed by atoms with Crippen molar-refractivity contribution in [3.63, 3.8) is 0 Å². The van der Waals surface area contributed by atoms with Gasteiger partial charge in [0, 0.05) is 62.5 Å². The molecule has 1 aliphatic rings. The third-order valence-corrected chi connectivity index (χ3v) is 6.18. The molecule has 1 amide bonds. The number of sulfone groups is 1. The van der Waals surface area contributed by atoms with Gasteiger partial charge in [-0.2, -0.15) is 0 Å². The minimum Gasteiger partial charge on any atom is -0.488 e. The highest BCUT2D eigenvalue weighted by molar-refractivity contribution is 7.90. The monoisotopic (exact) mass is 431 g/mol. The van der Waals surface area contributed by atoms with Gasteiger partial charge in [-0.15, -0.1) is 0 Å². The molecular weight excluding hydrogens is 402 g/mol. The molecule has 2 aromatic rings. The SMILES string of the molecule is Cc1cc(C(=O)N2CCN(CCS(C)(=O)=O)CC2)cc(C)c1OCc1cccnc1. The normalized spacial score (nSPS) is 15.2. The summed E-state index contributed by atoms with van der Waals surface area (Å²) in [6, 6.07) is 7.60. The number of piperazine rings is 1. The van der Waals surface area contributed by atoms with Gasteiger partial charge in [0.25, 0.3) is 5.91 Å². The zero-order chi connectivity index (χ0) is 21.7. The van der Waals surface area contributed by atoms with Crippen molar-refractivity contribution >= 4 is 15.7 Å². The number of aromatic nitrogens is 1. The molecule has 0 bridgehead atoms. The number of ether oxygens (including phenoxy) is 1. The van der Waals surface area contributed by atoms with Crippen LogP contribution in [0.4, 0.5) is 0 Å². The second-order valence-electron chi connectivity index (χ2n) is 7.85. The molecule has 0 spiro atoms. The first kappa shape index (κ1) is 22.2. The number of nitrogens with zero attached hydrogens (tertiary/aromatic N) is 3. The average Bonchev–Trinajstić information content (AvgIpc) is 2.71. The molecule has 1 aromatic carbocycles. The first-order chi connectivity index (χ1) is 14.2. The Bertz CT molecular complexity index is 962. The van der Waals surface area contributed by atoms with Crippen LogP contribution in [0.25, 0.3) is 0 Å². The van der Waals surface area contributed by atoms with Crippen LogP contribution in [0.1, 0.15) is 27.0 Å². The van der Waals surface area contributed by atoms with Gasteiger partial charge in [0.05, 0.1) is 5.75 Å². The molecule has 162 valence electrons. The van der Waals surface area contributed by atoms with Gasteiger partial charge in [-0.05, 0) is 43.2 Å². The number of pyridine rings is 1. The van der Waals surface area contributed by atoms with E-state index in [0.29, 0.717) is 44.9 Å². The maximum absolute atomic E-state index is 13.0. The largest absolute Gasteiger partial charge is 0.488 e. The van der Waals surface area contributed by atoms with Crippen molar-refractivity contribution in [3.8, 4) is 5.75 Å². The Kier molecular flexibility index (Phi) is 7.10. The lowest BCUT2D eigenvalue weighted by Gasteiger charge is -2.34. The van der Waals surface area contributed by atoms with Gasteiger partial charge in [0.1, 0.15) is 22.2 Å². The lowest BCUT2D eigenvalue weighted by molar-refractivity contribution is 0.0644. The predicted molar refractivity (Wildman–Crippen MR) is 117 cm³/mol. The molecular formula is C22H29N3O4S. The fourth-order valence-electron chi connectivity index (χ4n) is 3.59. The van der Waals surface area contributed by atoms with Crippen LogP contribution in [0, 0.1) is 13.8 Å². The molecule has 1 saturated heterocycles. The van der Waals surface area contributed by atoms with Gasteiger partial charge in [0.2, 0.25) is 0 Å². The van der Waals surface area contributed by atoms with Gasteiger partial charge in [-0.3, -0.25) is 14.7 Å². The van der Waals surface area contributed by atoms with Gasteiger partial charge in [-0.1, -0.05) is 6.07 Å². The summed E-state index contributed by atoms with van der Waals surface area (Å²) in [5.41, 5.74) is 3.50. The van der Waals surface area contributed by atoms with Crippen LogP contribution in [0.15, 0.2) is 36.7 Å². The van der Waals surface area contributed by atoms with Crippen LogP contribution in [-0.2, 0) is 16.4 Å². The smallest absolute Gasteiger partial charge is 0.253 e. The van der Waals surface area contributed by atoms with E-state index in [1.807, 2.05) is 43.0 Å². The number of carbonyl (C=O) groups is 1. The number of benzene rings is 1. The second kappa shape index (κ2) is 9.57. The molecule has 2 heterocycles. The van der Waals surface area contributed by atoms with Gasteiger partial charge >= 0.3 is 0 Å². The highest BCUT2D eigenvalue weighted by Gasteiger charge is 2.23. The molecule has 1 aliphatic heterocycles. The van der Waals surface area contributed by atoms with Gasteiger partial charge in [0.15, 0.2) is 0 Å². The Balaban J connectivity index is 1.60. The quantitative estimate of drug-likeness (QED) is 0.668. The van der Waals surface area contributed by atoms with E-state index in [1.165, 1.54) is 6.26 Å². The molecule has 30 heavy (non-hydrogen) atoms. The number of rotatable bonds is 7. The van der Waals surface area contributed by atoms with Crippen LogP contribution in [0.5, 0.6) is 5.75 Å². The van der Waals surface area contributed by atoms with Crippen LogP contribution in [0.3, 0.4) is 0 Å². The molecule has 1 aromatic heterocycles. The van der Waals surface area contributed by atoms with Gasteiger partial charge < -0.3 is 9.64 Å². The standard InChI is InChI=1S/C22H29N3O4S/c1-17-13-20(14-18(2)21(17)29-16-19-5-4-6-23-15-19)22(26)25-9-7-24(8-10-25)11-12-30(3,27)28/h4-6,13-15H,7-12,16H2,1-3H3. The summed E-state index contributed by atoms with van der Waals surface area (Å²) in [5, 5.41) is 0. The predicted octanol–water partition coefficient (Wildman–Crippen LogP) is 2.08. The summed E-state index contributed by atoms with van der Waals surface area (Å²) < 4.78 is 28.7. The topological polar surface area (TPSA) is 79.8 Å². The number of aryl methyl sites for hydroxylation is 2. The van der Waals surface area contributed by atoms with Crippen molar-refractivity contribution < 1.29 is 17.9 Å². The Hall–Kier alpha value is -2.45. The third-order valence-electron chi connectivity index (χ3n) is 5.25. The summed E-state index contributed by atoms with van der Waals surface area (Å²) in [6.07, 6.45) is 4.76. The van der Waals surface area contributed by atoms with E-state index in [0.717, 1.165) is 22.4 Å². The lowest BCUT2D eigenvalue weighted by atomic mass is 10.0. The van der Waals surface area contributed by atoms with Crippen LogP contribution in [0.2, 0.25) is 0 Å². The van der Waals surface area contributed by atoms with Crippen molar-refractivity contribution in [2.75, 3.05) is 44.7 Å². The lowest BCUT2D eigenvalue weighted by Crippen LogP contribution is -2.49. The first-order valence-corrected chi connectivity index (χ1v) is 12.1. The molecule has 0 N–H and O–H groups in total. The summed E-state index contributed by atoms with van der Waals surface area (Å²) in [6.45, 7) is 7.41. The zero-order valence-electron chi connectivity index (χ0n) is 17.8. The van der Waals surface area contributed by atoms with Crippen LogP contribution >= 0.6 is 0 Å². The van der Waals surface area contributed by atoms with E-state index in [1.54, 1.807) is 12.4 Å². The molecule has 0 saturated carbocycles. The number of hydrogen-bond donors (Lipinski definition) is 0. The average molecular weight is 432 g/mol. The van der Waals surface area contributed by atoms with Crippen molar-refractivity contribution in [3.05, 3.63) is 58.9 Å². The maximum Gasteiger partial charge on any atom is 0.253 e. The Morgan fingerprint density at radius 2 is 1.80 bits per heavy atom. The van der Waals surface area contributed by atoms with Crippen molar-refractivity contribution in [2.45, 2.75) is 20.5 Å². The van der Waals surface area contributed by atoms with E-state index in [-0.39, 0.29) is 11.7 Å². The third kappa shape index (κ3) is 6.03. The highest BCUT2D eigenvalue weighted by atomic mass is 32.2. The summed E-state index contributed by atoms with van der Waals surface area (Å²) in [5.74, 6) is 0.948. The molecule has 8 heteroatoms. The molecule has 0 aliphatic carbocycles. The summed E-state index contributed by atoms with van der Waals surface area (Å²) >= 11 is 0. The maximum atomic E-state index is 13.0. The first-order valence-electron chi connectivity index (χ1n) is 10.1. The molecule has 0 radical (unpaired) electrons. The fourth-order valence-corrected chi connectivity index (χ4v) is 4.18. The Morgan fingerprint density at radius 1 is 1.13 bits per heavy atom. The summed E-state index contributed by atoms with van der Waals surface area (Å²) in [7, 11) is -2.97. The van der Waals surface area contributed by atoms with Gasteiger partial charge in [-0.25, -0.2) is 8.42 Å². The highest BCUT2D eigenvalue weighted by Crippen LogP contribution is 2.26. The zero-order valence-corrected chi connectivity index (χ0v) is 18.6. The second-order valence-corrected chi connectivity index (χ2v) is 10.1. The minimum absolute atomic E-state index is 0.00257. The summed E-state index contributed by atoms with van der Waals surface area (Å²) in [4.78, 5) is 21.0. The fraction of sp³-hybridized carbons (Fsp3) is 0.455. The van der Waals surface area contributed by atoms with Crippen LogP contribution < -0.4 is 4.74 Å². The van der Waals surface area contributed by atoms with E-state index < -0.39 is 9.84 Å². The number of carbonyl (C=O) groups excluding carboxylic acids is 1. The molecule has 7 nitrogen and oxygen atoms in total. The molecule has 0 atom stereocenters. The van der Waals surface area contributed by atoms with Crippen LogP contribution in [-0.4, -0.2) is 73.8 Å². The Labute approximate surface area is 178 Å². The minimum atomic E-state index is -2.97.